The number of halogens is 2. The van der Waals surface area contributed by atoms with Crippen molar-refractivity contribution in [1.29, 1.82) is 0 Å². The summed E-state index contributed by atoms with van der Waals surface area (Å²) in [4.78, 5) is 35.3. The molecule has 0 aromatic heterocycles. The molecule has 124 valence electrons. The third-order valence-corrected chi connectivity index (χ3v) is 3.71. The lowest BCUT2D eigenvalue weighted by molar-refractivity contribution is -0.144. The molecule has 1 aliphatic rings. The normalized spacial score (nSPS) is 20.5. The van der Waals surface area contributed by atoms with E-state index in [9.17, 15) is 23.9 Å². The molecule has 7 nitrogen and oxygen atoms in total. The van der Waals surface area contributed by atoms with Crippen LogP contribution < -0.4 is 0 Å². The Hall–Kier alpha value is -2.19. The summed E-state index contributed by atoms with van der Waals surface area (Å²) in [6, 6.07) is 2.18. The van der Waals surface area contributed by atoms with E-state index in [1.165, 1.54) is 6.07 Å². The molecule has 1 aromatic carbocycles. The van der Waals surface area contributed by atoms with Crippen LogP contribution in [0.25, 0.3) is 0 Å². The van der Waals surface area contributed by atoms with Crippen LogP contribution in [-0.2, 0) is 14.3 Å². The van der Waals surface area contributed by atoms with Gasteiger partial charge in [0.15, 0.2) is 0 Å². The highest BCUT2D eigenvalue weighted by molar-refractivity contribution is 6.31. The molecule has 1 heterocycles. The maximum absolute atomic E-state index is 13.2. The van der Waals surface area contributed by atoms with Crippen LogP contribution in [0.3, 0.4) is 0 Å². The molecule has 2 rings (SSSR count). The van der Waals surface area contributed by atoms with Crippen molar-refractivity contribution in [1.82, 2.24) is 4.90 Å². The first-order valence-corrected chi connectivity index (χ1v) is 6.99. The zero-order valence-electron chi connectivity index (χ0n) is 11.7. The summed E-state index contributed by atoms with van der Waals surface area (Å²) in [5.74, 6) is -3.75. The number of benzene rings is 1. The Morgan fingerprint density at radius 3 is 2.61 bits per heavy atom. The fourth-order valence-corrected chi connectivity index (χ4v) is 2.54. The highest BCUT2D eigenvalue weighted by Gasteiger charge is 2.40. The van der Waals surface area contributed by atoms with Crippen molar-refractivity contribution in [3.63, 3.8) is 0 Å². The van der Waals surface area contributed by atoms with Gasteiger partial charge in [-0.1, -0.05) is 11.6 Å². The molecule has 0 radical (unpaired) electrons. The van der Waals surface area contributed by atoms with Gasteiger partial charge >= 0.3 is 11.9 Å². The van der Waals surface area contributed by atoms with Gasteiger partial charge in [-0.2, -0.15) is 0 Å². The van der Waals surface area contributed by atoms with Gasteiger partial charge in [0.05, 0.1) is 11.1 Å². The van der Waals surface area contributed by atoms with Gasteiger partial charge in [0.25, 0.3) is 5.91 Å². The molecule has 2 atom stereocenters. The summed E-state index contributed by atoms with van der Waals surface area (Å²) >= 11 is 5.62. The highest BCUT2D eigenvalue weighted by Crippen LogP contribution is 2.25. The fraction of sp³-hybridized carbons (Fsp3) is 0.357. The summed E-state index contributed by atoms with van der Waals surface area (Å²) in [6.45, 7) is -0.653. The molecule has 1 aliphatic heterocycles. The number of carbonyl (C=O) groups excluding carboxylic acids is 1. The third kappa shape index (κ3) is 3.96. The topological polar surface area (TPSA) is 104 Å². The Bertz CT molecular complexity index is 652. The average Bonchev–Trinajstić information content (AvgIpc) is 2.91. The van der Waals surface area contributed by atoms with E-state index in [1.807, 2.05) is 0 Å². The molecular formula is C14H13ClFNO6. The van der Waals surface area contributed by atoms with Gasteiger partial charge in [-0.25, -0.2) is 14.0 Å². The van der Waals surface area contributed by atoms with Crippen LogP contribution in [0.5, 0.6) is 0 Å². The maximum atomic E-state index is 13.2. The Balaban J connectivity index is 2.17. The predicted molar refractivity (Wildman–Crippen MR) is 75.9 cm³/mol. The summed E-state index contributed by atoms with van der Waals surface area (Å²) in [6.07, 6.45) is -0.726. The number of carboxylic acid groups (broad SMARTS) is 2. The maximum Gasteiger partial charge on any atom is 0.329 e. The standard InChI is InChI=1S/C14H13ClFNO6/c15-9-3-7(1-2-10(9)16)13(20)17-5-8(23-6-12(18)19)4-11(17)14(21)22/h1-3,8,11H,4-6H2,(H,18,19)(H,21,22)/t8-,11+/m1/s1. The Morgan fingerprint density at radius 1 is 1.35 bits per heavy atom. The van der Waals surface area contributed by atoms with Crippen molar-refractivity contribution in [2.45, 2.75) is 18.6 Å². The number of carboxylic acids is 2. The summed E-state index contributed by atoms with van der Waals surface area (Å²) in [5, 5.41) is 17.6. The molecule has 0 unspecified atom stereocenters. The van der Waals surface area contributed by atoms with Gasteiger partial charge in [0.1, 0.15) is 18.5 Å². The van der Waals surface area contributed by atoms with Crippen LogP contribution in [-0.4, -0.2) is 58.3 Å². The minimum absolute atomic E-state index is 0.0245. The van der Waals surface area contributed by atoms with Gasteiger partial charge in [0.2, 0.25) is 0 Å². The second kappa shape index (κ2) is 6.93. The first-order valence-electron chi connectivity index (χ1n) is 6.61. The lowest BCUT2D eigenvalue weighted by Gasteiger charge is -2.21. The number of nitrogens with zero attached hydrogens (tertiary/aromatic N) is 1. The molecule has 0 bridgehead atoms. The van der Waals surface area contributed by atoms with E-state index in [-0.39, 0.29) is 23.6 Å². The van der Waals surface area contributed by atoms with Gasteiger partial charge in [0, 0.05) is 18.5 Å². The average molecular weight is 346 g/mol. The number of carbonyl (C=O) groups is 3. The van der Waals surface area contributed by atoms with Crippen LogP contribution >= 0.6 is 11.6 Å². The minimum atomic E-state index is -1.23. The molecule has 1 fully saturated rings. The summed E-state index contributed by atoms with van der Waals surface area (Å²) in [5.41, 5.74) is 0.0431. The number of hydrogen-bond acceptors (Lipinski definition) is 4. The Kier molecular flexibility index (Phi) is 5.17. The summed E-state index contributed by atoms with van der Waals surface area (Å²) < 4.78 is 18.2. The van der Waals surface area contributed by atoms with Crippen molar-refractivity contribution < 1.29 is 33.7 Å². The zero-order chi connectivity index (χ0) is 17.1. The van der Waals surface area contributed by atoms with Crippen LogP contribution in [0.1, 0.15) is 16.8 Å². The van der Waals surface area contributed by atoms with Crippen LogP contribution in [0.15, 0.2) is 18.2 Å². The van der Waals surface area contributed by atoms with Gasteiger partial charge in [-0.15, -0.1) is 0 Å². The summed E-state index contributed by atoms with van der Waals surface area (Å²) in [7, 11) is 0. The van der Waals surface area contributed by atoms with E-state index in [4.69, 9.17) is 21.4 Å². The molecule has 1 aromatic rings. The molecule has 0 saturated carbocycles. The van der Waals surface area contributed by atoms with E-state index in [0.717, 1.165) is 17.0 Å². The number of hydrogen-bond donors (Lipinski definition) is 2. The number of ether oxygens (including phenoxy) is 1. The number of amides is 1. The minimum Gasteiger partial charge on any atom is -0.480 e. The number of likely N-dealkylation sites (tertiary alicyclic amines) is 1. The van der Waals surface area contributed by atoms with Crippen LogP contribution in [0.4, 0.5) is 4.39 Å². The molecule has 0 spiro atoms. The molecule has 1 amide bonds. The van der Waals surface area contributed by atoms with Crippen LogP contribution in [0.2, 0.25) is 5.02 Å². The van der Waals surface area contributed by atoms with Gasteiger partial charge in [-0.05, 0) is 18.2 Å². The molecule has 2 N–H and O–H groups in total. The molecule has 0 aliphatic carbocycles. The fourth-order valence-electron chi connectivity index (χ4n) is 2.36. The number of rotatable bonds is 5. The first kappa shape index (κ1) is 17.2. The van der Waals surface area contributed by atoms with E-state index in [0.29, 0.717) is 0 Å². The smallest absolute Gasteiger partial charge is 0.329 e. The van der Waals surface area contributed by atoms with Crippen molar-refractivity contribution >= 4 is 29.4 Å². The molecule has 9 heteroatoms. The van der Waals surface area contributed by atoms with Crippen molar-refractivity contribution in [3.05, 3.63) is 34.6 Å². The second-order valence-corrected chi connectivity index (χ2v) is 5.41. The van der Waals surface area contributed by atoms with Crippen molar-refractivity contribution in [2.24, 2.45) is 0 Å². The van der Waals surface area contributed by atoms with Crippen molar-refractivity contribution in [2.75, 3.05) is 13.2 Å². The number of aliphatic carboxylic acids is 2. The lowest BCUT2D eigenvalue weighted by Crippen LogP contribution is -2.40. The predicted octanol–water partition coefficient (Wildman–Crippen LogP) is 1.25. The molecule has 23 heavy (non-hydrogen) atoms. The van der Waals surface area contributed by atoms with Crippen molar-refractivity contribution in [3.8, 4) is 0 Å². The van der Waals surface area contributed by atoms with E-state index in [2.05, 4.69) is 0 Å². The molecular weight excluding hydrogens is 333 g/mol. The highest BCUT2D eigenvalue weighted by atomic mass is 35.5. The van der Waals surface area contributed by atoms with Gasteiger partial charge in [-0.3, -0.25) is 4.79 Å². The van der Waals surface area contributed by atoms with E-state index < -0.39 is 42.4 Å². The van der Waals surface area contributed by atoms with Gasteiger partial charge < -0.3 is 19.8 Å². The third-order valence-electron chi connectivity index (χ3n) is 3.42. The Labute approximate surface area is 135 Å². The second-order valence-electron chi connectivity index (χ2n) is 5.00. The zero-order valence-corrected chi connectivity index (χ0v) is 12.5. The van der Waals surface area contributed by atoms with Crippen LogP contribution in [0, 0.1) is 5.82 Å². The molecule has 1 saturated heterocycles. The van der Waals surface area contributed by atoms with E-state index in [1.54, 1.807) is 0 Å². The monoisotopic (exact) mass is 345 g/mol. The lowest BCUT2D eigenvalue weighted by atomic mass is 10.1. The largest absolute Gasteiger partial charge is 0.480 e. The SMILES string of the molecule is O=C(O)CO[C@@H]1C[C@@H](C(=O)O)N(C(=O)c2ccc(F)c(Cl)c2)C1. The first-order chi connectivity index (χ1) is 10.8. The van der Waals surface area contributed by atoms with E-state index >= 15 is 0 Å². The Morgan fingerprint density at radius 2 is 2.04 bits per heavy atom. The quantitative estimate of drug-likeness (QED) is 0.832.